The van der Waals surface area contributed by atoms with Gasteiger partial charge in [0.15, 0.2) is 0 Å². The van der Waals surface area contributed by atoms with Gasteiger partial charge in [0.25, 0.3) is 0 Å². The molecule has 0 fully saturated rings. The monoisotopic (exact) mass is 382 g/mol. The van der Waals surface area contributed by atoms with Crippen molar-refractivity contribution in [2.24, 2.45) is 12.0 Å². The Hall–Kier alpha value is -2.96. The number of amides is 2. The quantitative estimate of drug-likeness (QED) is 0.754. The van der Waals surface area contributed by atoms with E-state index in [1.807, 2.05) is 30.7 Å². The number of rotatable bonds is 3. The Morgan fingerprint density at radius 3 is 2.71 bits per heavy atom. The standard InChI is InChI=1S/C21H26N4O3/c1-13(2)28-21(27)23-10-17-8-14(3)25(15(4)26)19-7-6-16(9-18(17)19)20-11-22-12-24(20)5/h6-7,9-14,17H,8H2,1-5H3/b23-10+/t14-,17?/m0/s1. The summed E-state index contributed by atoms with van der Waals surface area (Å²) in [6.45, 7) is 7.16. The van der Waals surface area contributed by atoms with Crippen molar-refractivity contribution in [1.82, 2.24) is 9.55 Å². The van der Waals surface area contributed by atoms with Gasteiger partial charge >= 0.3 is 6.09 Å². The van der Waals surface area contributed by atoms with E-state index in [1.165, 1.54) is 0 Å². The molecule has 0 radical (unpaired) electrons. The molecule has 0 bridgehead atoms. The number of aliphatic imine (C=N–C) groups is 1. The van der Waals surface area contributed by atoms with E-state index >= 15 is 0 Å². The molecule has 0 N–H and O–H groups in total. The fourth-order valence-electron chi connectivity index (χ4n) is 3.71. The molecule has 2 atom stereocenters. The van der Waals surface area contributed by atoms with E-state index in [4.69, 9.17) is 4.74 Å². The Bertz CT molecular complexity index is 916. The Kier molecular flexibility index (Phi) is 5.63. The minimum absolute atomic E-state index is 0.00311. The third kappa shape index (κ3) is 3.98. The summed E-state index contributed by atoms with van der Waals surface area (Å²) < 4.78 is 7.04. The van der Waals surface area contributed by atoms with Gasteiger partial charge < -0.3 is 14.2 Å². The average Bonchev–Trinajstić information content (AvgIpc) is 3.04. The van der Waals surface area contributed by atoms with Crippen LogP contribution in [0.2, 0.25) is 0 Å². The second kappa shape index (κ2) is 7.96. The number of aryl methyl sites for hydroxylation is 1. The summed E-state index contributed by atoms with van der Waals surface area (Å²) in [5.74, 6) is -0.0925. The molecular weight excluding hydrogens is 356 g/mol. The van der Waals surface area contributed by atoms with Gasteiger partial charge in [0, 0.05) is 43.4 Å². The van der Waals surface area contributed by atoms with Crippen molar-refractivity contribution in [2.45, 2.75) is 52.2 Å². The van der Waals surface area contributed by atoms with E-state index in [-0.39, 0.29) is 24.0 Å². The van der Waals surface area contributed by atoms with Gasteiger partial charge in [-0.2, -0.15) is 4.99 Å². The van der Waals surface area contributed by atoms with Crippen LogP contribution in [0.5, 0.6) is 0 Å². The first-order chi connectivity index (χ1) is 13.3. The van der Waals surface area contributed by atoms with Gasteiger partial charge in [0.2, 0.25) is 5.91 Å². The highest BCUT2D eigenvalue weighted by Gasteiger charge is 2.32. The van der Waals surface area contributed by atoms with Crippen LogP contribution in [-0.4, -0.2) is 39.9 Å². The summed E-state index contributed by atoms with van der Waals surface area (Å²) in [5, 5.41) is 0. The summed E-state index contributed by atoms with van der Waals surface area (Å²) in [6.07, 6.45) is 5.07. The Labute approximate surface area is 165 Å². The SMILES string of the molecule is CC(=O)N1c2ccc(-c3cncn3C)cc2C(/C=N/C(=O)OC(C)C)C[C@@H]1C. The fraction of sp³-hybridized carbons (Fsp3) is 0.429. The third-order valence-corrected chi connectivity index (χ3v) is 4.87. The van der Waals surface area contributed by atoms with E-state index in [1.54, 1.807) is 44.4 Å². The van der Waals surface area contributed by atoms with Crippen LogP contribution >= 0.6 is 0 Å². The highest BCUT2D eigenvalue weighted by atomic mass is 16.6. The molecule has 1 unspecified atom stereocenters. The number of fused-ring (bicyclic) bond motifs is 1. The lowest BCUT2D eigenvalue weighted by atomic mass is 9.85. The van der Waals surface area contributed by atoms with Crippen LogP contribution in [0.3, 0.4) is 0 Å². The first-order valence-electron chi connectivity index (χ1n) is 9.43. The summed E-state index contributed by atoms with van der Waals surface area (Å²) in [6, 6.07) is 6.01. The molecule has 1 aromatic heterocycles. The van der Waals surface area contributed by atoms with Crippen LogP contribution in [0.4, 0.5) is 10.5 Å². The van der Waals surface area contributed by atoms with Crippen LogP contribution in [0.15, 0.2) is 35.7 Å². The van der Waals surface area contributed by atoms with E-state index < -0.39 is 6.09 Å². The molecule has 1 aromatic carbocycles. The maximum Gasteiger partial charge on any atom is 0.433 e. The van der Waals surface area contributed by atoms with Crippen molar-refractivity contribution < 1.29 is 14.3 Å². The van der Waals surface area contributed by atoms with Crippen LogP contribution in [0.25, 0.3) is 11.3 Å². The second-order valence-corrected chi connectivity index (χ2v) is 7.45. The number of aromatic nitrogens is 2. The Morgan fingerprint density at radius 1 is 1.36 bits per heavy atom. The fourth-order valence-corrected chi connectivity index (χ4v) is 3.71. The summed E-state index contributed by atoms with van der Waals surface area (Å²) in [7, 11) is 1.94. The number of hydrogen-bond donors (Lipinski definition) is 0. The first-order valence-corrected chi connectivity index (χ1v) is 9.43. The van der Waals surface area contributed by atoms with Crippen molar-refractivity contribution in [3.63, 3.8) is 0 Å². The molecular formula is C21H26N4O3. The highest BCUT2D eigenvalue weighted by molar-refractivity contribution is 5.96. The lowest BCUT2D eigenvalue weighted by molar-refractivity contribution is -0.117. The number of ether oxygens (including phenoxy) is 1. The molecule has 2 heterocycles. The topological polar surface area (TPSA) is 76.8 Å². The molecule has 3 rings (SSSR count). The first kappa shape index (κ1) is 19.8. The Morgan fingerprint density at radius 2 is 2.11 bits per heavy atom. The van der Waals surface area contributed by atoms with Crippen LogP contribution in [0, 0.1) is 0 Å². The summed E-state index contributed by atoms with van der Waals surface area (Å²) >= 11 is 0. The molecule has 7 nitrogen and oxygen atoms in total. The molecule has 7 heteroatoms. The molecule has 0 saturated heterocycles. The normalized spacial score (nSPS) is 19.1. The zero-order valence-electron chi connectivity index (χ0n) is 16.9. The molecule has 1 aliphatic heterocycles. The number of imidazole rings is 1. The number of anilines is 1. The summed E-state index contributed by atoms with van der Waals surface area (Å²) in [4.78, 5) is 34.1. The second-order valence-electron chi connectivity index (χ2n) is 7.45. The highest BCUT2D eigenvalue weighted by Crippen LogP contribution is 2.40. The van der Waals surface area contributed by atoms with Crippen molar-refractivity contribution in [2.75, 3.05) is 4.90 Å². The molecule has 0 saturated carbocycles. The van der Waals surface area contributed by atoms with Gasteiger partial charge in [0.1, 0.15) is 0 Å². The van der Waals surface area contributed by atoms with Crippen molar-refractivity contribution in [3.8, 4) is 11.3 Å². The number of hydrogen-bond acceptors (Lipinski definition) is 4. The lowest BCUT2D eigenvalue weighted by Gasteiger charge is -2.38. The lowest BCUT2D eigenvalue weighted by Crippen LogP contribution is -2.42. The van der Waals surface area contributed by atoms with Gasteiger partial charge in [-0.05, 0) is 44.9 Å². The number of carbonyl (C=O) groups is 2. The maximum absolute atomic E-state index is 12.2. The molecule has 2 aromatic rings. The number of carbonyl (C=O) groups excluding carboxylic acids is 2. The van der Waals surface area contributed by atoms with Crippen LogP contribution in [-0.2, 0) is 16.6 Å². The van der Waals surface area contributed by atoms with Crippen molar-refractivity contribution in [3.05, 3.63) is 36.3 Å². The van der Waals surface area contributed by atoms with Crippen LogP contribution < -0.4 is 4.90 Å². The zero-order valence-corrected chi connectivity index (χ0v) is 16.9. The van der Waals surface area contributed by atoms with Crippen molar-refractivity contribution >= 4 is 23.9 Å². The third-order valence-electron chi connectivity index (χ3n) is 4.87. The largest absolute Gasteiger partial charge is 0.445 e. The molecule has 0 spiro atoms. The van der Waals surface area contributed by atoms with Crippen LogP contribution in [0.1, 0.15) is 45.6 Å². The van der Waals surface area contributed by atoms with E-state index in [9.17, 15) is 9.59 Å². The predicted octanol–water partition coefficient (Wildman–Crippen LogP) is 3.93. The zero-order chi connectivity index (χ0) is 20.4. The minimum atomic E-state index is -0.596. The molecule has 148 valence electrons. The molecule has 1 aliphatic rings. The molecule has 28 heavy (non-hydrogen) atoms. The molecule has 0 aliphatic carbocycles. The van der Waals surface area contributed by atoms with Crippen molar-refractivity contribution in [1.29, 1.82) is 0 Å². The van der Waals surface area contributed by atoms with Gasteiger partial charge in [-0.25, -0.2) is 9.78 Å². The van der Waals surface area contributed by atoms with Gasteiger partial charge in [0.05, 0.1) is 24.3 Å². The predicted molar refractivity (Wildman–Crippen MR) is 109 cm³/mol. The van der Waals surface area contributed by atoms with E-state index in [0.717, 1.165) is 22.5 Å². The maximum atomic E-state index is 12.2. The van der Waals surface area contributed by atoms with E-state index in [0.29, 0.717) is 6.42 Å². The average molecular weight is 382 g/mol. The number of benzene rings is 1. The van der Waals surface area contributed by atoms with Gasteiger partial charge in [-0.15, -0.1) is 0 Å². The minimum Gasteiger partial charge on any atom is -0.445 e. The van der Waals surface area contributed by atoms with Gasteiger partial charge in [-0.3, -0.25) is 4.79 Å². The van der Waals surface area contributed by atoms with E-state index in [2.05, 4.69) is 16.0 Å². The molecule has 2 amide bonds. The summed E-state index contributed by atoms with van der Waals surface area (Å²) in [5.41, 5.74) is 3.80. The Balaban J connectivity index is 2.02. The number of nitrogens with zero attached hydrogens (tertiary/aromatic N) is 4. The van der Waals surface area contributed by atoms with Gasteiger partial charge in [-0.1, -0.05) is 6.07 Å². The smallest absolute Gasteiger partial charge is 0.433 e.